The van der Waals surface area contributed by atoms with Crippen LogP contribution in [0.25, 0.3) is 22.3 Å². The molecule has 0 aliphatic heterocycles. The molecule has 1 aromatic carbocycles. The minimum atomic E-state index is -0.285. The Balaban J connectivity index is 2.14. The van der Waals surface area contributed by atoms with Crippen LogP contribution in [0.1, 0.15) is 12.7 Å². The molecular weight excluding hydrogens is 368 g/mol. The molecule has 138 valence electrons. The number of nitrogens with zero attached hydrogens (tertiary/aromatic N) is 6. The fourth-order valence-corrected chi connectivity index (χ4v) is 3.66. The first kappa shape index (κ1) is 17.3. The lowest BCUT2D eigenvalue weighted by Crippen LogP contribution is -2.26. The highest BCUT2D eigenvalue weighted by atomic mass is 35.5. The van der Waals surface area contributed by atoms with Gasteiger partial charge in [0.2, 0.25) is 0 Å². The fraction of sp³-hybridized carbons (Fsp3) is 0.222. The predicted octanol–water partition coefficient (Wildman–Crippen LogP) is 2.05. The lowest BCUT2D eigenvalue weighted by molar-refractivity contribution is 0.590. The van der Waals surface area contributed by atoms with Gasteiger partial charge >= 0.3 is 5.69 Å². The van der Waals surface area contributed by atoms with Crippen molar-refractivity contribution in [2.24, 2.45) is 7.05 Å². The number of rotatable bonds is 3. The number of fused-ring (bicyclic) bond motifs is 1. The second-order valence-electron chi connectivity index (χ2n) is 6.11. The first-order valence-corrected chi connectivity index (χ1v) is 8.82. The molecular formula is C18H17ClN6O2. The van der Waals surface area contributed by atoms with Gasteiger partial charge in [-0.1, -0.05) is 23.7 Å². The first-order chi connectivity index (χ1) is 13.0. The zero-order valence-electron chi connectivity index (χ0n) is 15.0. The molecule has 0 bridgehead atoms. The summed E-state index contributed by atoms with van der Waals surface area (Å²) in [6.45, 7) is 4.17. The van der Waals surface area contributed by atoms with Gasteiger partial charge in [-0.05, 0) is 32.0 Å². The summed E-state index contributed by atoms with van der Waals surface area (Å²) in [7, 11) is 1.59. The topological polar surface area (TPSA) is 79.6 Å². The molecule has 3 heterocycles. The third kappa shape index (κ3) is 2.44. The average molecular weight is 385 g/mol. The molecule has 3 aromatic heterocycles. The molecule has 0 N–H and O–H groups in total. The van der Waals surface area contributed by atoms with Crippen LogP contribution in [0.4, 0.5) is 0 Å². The van der Waals surface area contributed by atoms with E-state index in [2.05, 4.69) is 10.1 Å². The summed E-state index contributed by atoms with van der Waals surface area (Å²) < 4.78 is 6.05. The van der Waals surface area contributed by atoms with E-state index >= 15 is 0 Å². The normalized spacial score (nSPS) is 11.4. The minimum Gasteiger partial charge on any atom is -0.274 e. The molecule has 0 fully saturated rings. The number of aryl methyl sites for hydroxylation is 3. The monoisotopic (exact) mass is 384 g/mol. The Morgan fingerprint density at radius 1 is 1.11 bits per heavy atom. The van der Waals surface area contributed by atoms with Crippen molar-refractivity contribution in [3.8, 4) is 11.4 Å². The summed E-state index contributed by atoms with van der Waals surface area (Å²) in [5.41, 5.74) is 1.19. The van der Waals surface area contributed by atoms with Gasteiger partial charge in [-0.2, -0.15) is 5.10 Å². The van der Waals surface area contributed by atoms with Crippen LogP contribution in [0.5, 0.6) is 0 Å². The number of hydrogen-bond acceptors (Lipinski definition) is 4. The molecule has 0 saturated carbocycles. The smallest absolute Gasteiger partial charge is 0.274 e. The van der Waals surface area contributed by atoms with Gasteiger partial charge in [0.15, 0.2) is 5.15 Å². The molecule has 0 radical (unpaired) electrons. The summed E-state index contributed by atoms with van der Waals surface area (Å²) in [5.74, 6) is 0.529. The molecule has 0 atom stereocenters. The van der Waals surface area contributed by atoms with Gasteiger partial charge in [0.25, 0.3) is 5.56 Å². The highest BCUT2D eigenvalue weighted by Gasteiger charge is 2.21. The zero-order chi connectivity index (χ0) is 19.3. The van der Waals surface area contributed by atoms with E-state index in [1.165, 1.54) is 20.1 Å². The summed E-state index contributed by atoms with van der Waals surface area (Å²) >= 11 is 6.27. The molecule has 0 spiro atoms. The largest absolute Gasteiger partial charge is 0.350 e. The van der Waals surface area contributed by atoms with E-state index in [0.717, 1.165) is 0 Å². The Morgan fingerprint density at radius 3 is 2.44 bits per heavy atom. The van der Waals surface area contributed by atoms with Gasteiger partial charge in [0, 0.05) is 19.8 Å². The van der Waals surface area contributed by atoms with Crippen molar-refractivity contribution in [3.63, 3.8) is 0 Å². The lowest BCUT2D eigenvalue weighted by Gasteiger charge is -2.15. The van der Waals surface area contributed by atoms with E-state index in [4.69, 9.17) is 11.6 Å². The van der Waals surface area contributed by atoms with Gasteiger partial charge in [0.1, 0.15) is 11.3 Å². The van der Waals surface area contributed by atoms with E-state index in [1.54, 1.807) is 36.9 Å². The van der Waals surface area contributed by atoms with E-state index in [-0.39, 0.29) is 16.4 Å². The molecule has 4 rings (SSSR count). The van der Waals surface area contributed by atoms with Crippen LogP contribution in [0.15, 0.2) is 46.1 Å². The third-order valence-electron chi connectivity index (χ3n) is 4.54. The second kappa shape index (κ2) is 6.24. The number of aromatic nitrogens is 6. The number of halogens is 1. The Kier molecular flexibility index (Phi) is 4.00. The maximum absolute atomic E-state index is 13.2. The average Bonchev–Trinajstić information content (AvgIpc) is 3.09. The zero-order valence-corrected chi connectivity index (χ0v) is 15.8. The predicted molar refractivity (Wildman–Crippen MR) is 103 cm³/mol. The second-order valence-corrected chi connectivity index (χ2v) is 6.47. The Labute approximate surface area is 158 Å². The van der Waals surface area contributed by atoms with Crippen LogP contribution < -0.4 is 11.2 Å². The minimum absolute atomic E-state index is 0.224. The summed E-state index contributed by atoms with van der Waals surface area (Å²) in [6, 6.07) is 8.86. The van der Waals surface area contributed by atoms with Gasteiger partial charge in [0.05, 0.1) is 16.8 Å². The van der Waals surface area contributed by atoms with Crippen molar-refractivity contribution in [2.45, 2.75) is 20.4 Å². The van der Waals surface area contributed by atoms with Gasteiger partial charge < -0.3 is 0 Å². The molecule has 0 aliphatic carbocycles. The standard InChI is InChI=1S/C18H17ClN6O2/c1-4-23-15-12(9-10-20-16(15)19)17(26)25(23)14-8-6-5-7-13(14)24-11(2)21-22(3)18(24)27/h5-10H,4H2,1-3H3. The maximum Gasteiger partial charge on any atom is 0.350 e. The number of hydrogen-bond donors (Lipinski definition) is 0. The van der Waals surface area contributed by atoms with Crippen molar-refractivity contribution < 1.29 is 0 Å². The summed E-state index contributed by atoms with van der Waals surface area (Å²) in [6.07, 6.45) is 1.51. The van der Waals surface area contributed by atoms with Crippen molar-refractivity contribution >= 4 is 22.5 Å². The van der Waals surface area contributed by atoms with Crippen molar-refractivity contribution in [1.82, 2.24) is 28.7 Å². The van der Waals surface area contributed by atoms with Crippen molar-refractivity contribution in [1.29, 1.82) is 0 Å². The van der Waals surface area contributed by atoms with Gasteiger partial charge in [-0.3, -0.25) is 9.48 Å². The molecule has 8 nitrogen and oxygen atoms in total. The highest BCUT2D eigenvalue weighted by molar-refractivity contribution is 6.33. The van der Waals surface area contributed by atoms with E-state index in [1.807, 2.05) is 19.1 Å². The van der Waals surface area contributed by atoms with Gasteiger partial charge in [-0.15, -0.1) is 0 Å². The highest BCUT2D eigenvalue weighted by Crippen LogP contribution is 2.24. The number of benzene rings is 1. The molecule has 9 heteroatoms. The van der Waals surface area contributed by atoms with E-state index in [9.17, 15) is 9.59 Å². The molecule has 0 aliphatic rings. The number of para-hydroxylation sites is 2. The fourth-order valence-electron chi connectivity index (χ4n) is 3.41. The van der Waals surface area contributed by atoms with Crippen LogP contribution in [0, 0.1) is 6.92 Å². The van der Waals surface area contributed by atoms with Crippen molar-refractivity contribution in [3.05, 3.63) is 68.3 Å². The lowest BCUT2D eigenvalue weighted by atomic mass is 10.2. The first-order valence-electron chi connectivity index (χ1n) is 8.44. The molecule has 4 aromatic rings. The molecule has 0 amide bonds. The summed E-state index contributed by atoms with van der Waals surface area (Å²) in [4.78, 5) is 29.8. The van der Waals surface area contributed by atoms with E-state index < -0.39 is 0 Å². The quantitative estimate of drug-likeness (QED) is 0.506. The number of pyridine rings is 1. The van der Waals surface area contributed by atoms with Crippen LogP contribution in [-0.4, -0.2) is 28.7 Å². The van der Waals surface area contributed by atoms with Crippen molar-refractivity contribution in [2.75, 3.05) is 0 Å². The SMILES string of the molecule is CCn1c2c(Cl)nccc2c(=O)n1-c1ccccc1-n1c(C)nn(C)c1=O. The molecule has 0 saturated heterocycles. The molecule has 27 heavy (non-hydrogen) atoms. The Bertz CT molecular complexity index is 1290. The van der Waals surface area contributed by atoms with Crippen LogP contribution in [0.2, 0.25) is 5.15 Å². The summed E-state index contributed by atoms with van der Waals surface area (Å²) in [5, 5.41) is 4.92. The van der Waals surface area contributed by atoms with E-state index in [0.29, 0.717) is 34.6 Å². The maximum atomic E-state index is 13.2. The third-order valence-corrected chi connectivity index (χ3v) is 4.82. The molecule has 0 unspecified atom stereocenters. The van der Waals surface area contributed by atoms with Crippen LogP contribution >= 0.6 is 11.6 Å². The Hall–Kier alpha value is -3.13. The van der Waals surface area contributed by atoms with Gasteiger partial charge in [-0.25, -0.2) is 23.7 Å². The Morgan fingerprint density at radius 2 is 1.81 bits per heavy atom. The van der Waals surface area contributed by atoms with Crippen LogP contribution in [0.3, 0.4) is 0 Å². The van der Waals surface area contributed by atoms with Crippen LogP contribution in [-0.2, 0) is 13.6 Å².